The molecule has 0 spiro atoms. The molecule has 136 valence electrons. The molecule has 0 saturated heterocycles. The van der Waals surface area contributed by atoms with Crippen LogP contribution < -0.4 is 4.74 Å². The molecule has 0 aromatic heterocycles. The van der Waals surface area contributed by atoms with Crippen molar-refractivity contribution >= 4 is 5.97 Å². The molecule has 0 atom stereocenters. The molecule has 4 nitrogen and oxygen atoms in total. The molecule has 0 aliphatic heterocycles. The summed E-state index contributed by atoms with van der Waals surface area (Å²) >= 11 is 0. The standard InChI is InChI=1S/C22H24O4/c1-16(2)13-24-15-25-14-18-5-7-19(8-6-18)20-9-11-21(12-10-20)26-22(23)17(3)4/h5-12H,1,3,13-15H2,2,4H3. The van der Waals surface area contributed by atoms with Gasteiger partial charge in [-0.1, -0.05) is 55.1 Å². The first-order valence-corrected chi connectivity index (χ1v) is 8.32. The molecule has 0 aliphatic carbocycles. The van der Waals surface area contributed by atoms with Gasteiger partial charge in [0.1, 0.15) is 12.5 Å². The highest BCUT2D eigenvalue weighted by Crippen LogP contribution is 2.23. The Hall–Kier alpha value is -2.69. The van der Waals surface area contributed by atoms with Gasteiger partial charge in [0, 0.05) is 5.57 Å². The average molecular weight is 352 g/mol. The fourth-order valence-electron chi connectivity index (χ4n) is 2.14. The second kappa shape index (κ2) is 9.70. The predicted molar refractivity (Wildman–Crippen MR) is 103 cm³/mol. The zero-order valence-electron chi connectivity index (χ0n) is 15.3. The Morgan fingerprint density at radius 3 is 2.00 bits per heavy atom. The highest BCUT2D eigenvalue weighted by atomic mass is 16.7. The molecular formula is C22H24O4. The minimum atomic E-state index is -0.422. The molecule has 0 unspecified atom stereocenters. The number of carbonyl (C=O) groups is 1. The minimum absolute atomic E-state index is 0.249. The fourth-order valence-corrected chi connectivity index (χ4v) is 2.14. The second-order valence-electron chi connectivity index (χ2n) is 6.16. The van der Waals surface area contributed by atoms with Crippen molar-refractivity contribution in [1.82, 2.24) is 0 Å². The summed E-state index contributed by atoms with van der Waals surface area (Å²) in [6.07, 6.45) is 0. The van der Waals surface area contributed by atoms with Gasteiger partial charge in [0.15, 0.2) is 0 Å². The quantitative estimate of drug-likeness (QED) is 0.161. The molecule has 0 amide bonds. The van der Waals surface area contributed by atoms with Gasteiger partial charge in [-0.25, -0.2) is 4.79 Å². The van der Waals surface area contributed by atoms with E-state index >= 15 is 0 Å². The van der Waals surface area contributed by atoms with E-state index in [2.05, 4.69) is 13.2 Å². The first kappa shape index (κ1) is 19.6. The molecule has 0 saturated carbocycles. The highest BCUT2D eigenvalue weighted by molar-refractivity contribution is 5.88. The van der Waals surface area contributed by atoms with Gasteiger partial charge >= 0.3 is 5.97 Å². The monoisotopic (exact) mass is 352 g/mol. The normalized spacial score (nSPS) is 10.4. The van der Waals surface area contributed by atoms with E-state index in [-0.39, 0.29) is 6.79 Å². The summed E-state index contributed by atoms with van der Waals surface area (Å²) in [4.78, 5) is 11.5. The number of benzene rings is 2. The zero-order valence-corrected chi connectivity index (χ0v) is 15.3. The van der Waals surface area contributed by atoms with Crippen LogP contribution in [0.2, 0.25) is 0 Å². The third-order valence-corrected chi connectivity index (χ3v) is 3.48. The van der Waals surface area contributed by atoms with Crippen molar-refractivity contribution < 1.29 is 19.0 Å². The van der Waals surface area contributed by atoms with Gasteiger partial charge in [-0.05, 0) is 42.7 Å². The Labute approximate surface area is 154 Å². The number of hydrogen-bond acceptors (Lipinski definition) is 4. The Kier molecular flexibility index (Phi) is 7.33. The summed E-state index contributed by atoms with van der Waals surface area (Å²) in [5.74, 6) is 0.0795. The van der Waals surface area contributed by atoms with Crippen LogP contribution in [-0.4, -0.2) is 19.4 Å². The maximum atomic E-state index is 11.5. The van der Waals surface area contributed by atoms with E-state index in [0.717, 1.165) is 22.3 Å². The lowest BCUT2D eigenvalue weighted by molar-refractivity contribution is -0.130. The Balaban J connectivity index is 1.88. The van der Waals surface area contributed by atoms with Crippen LogP contribution in [0.5, 0.6) is 5.75 Å². The first-order chi connectivity index (χ1) is 12.5. The van der Waals surface area contributed by atoms with Gasteiger partial charge in [-0.3, -0.25) is 0 Å². The summed E-state index contributed by atoms with van der Waals surface area (Å²) in [5, 5.41) is 0. The molecule has 26 heavy (non-hydrogen) atoms. The molecule has 0 aliphatic rings. The summed E-state index contributed by atoms with van der Waals surface area (Å²) in [7, 11) is 0. The number of carbonyl (C=O) groups excluding carboxylic acids is 1. The summed E-state index contributed by atoms with van der Waals surface area (Å²) in [6.45, 7) is 12.1. The zero-order chi connectivity index (χ0) is 18.9. The Morgan fingerprint density at radius 1 is 0.885 bits per heavy atom. The number of ether oxygens (including phenoxy) is 3. The molecule has 0 bridgehead atoms. The van der Waals surface area contributed by atoms with Crippen molar-refractivity contribution in [1.29, 1.82) is 0 Å². The van der Waals surface area contributed by atoms with E-state index in [9.17, 15) is 4.79 Å². The first-order valence-electron chi connectivity index (χ1n) is 8.32. The van der Waals surface area contributed by atoms with Crippen LogP contribution in [0.15, 0.2) is 72.8 Å². The lowest BCUT2D eigenvalue weighted by Gasteiger charge is -2.08. The molecule has 0 N–H and O–H groups in total. The lowest BCUT2D eigenvalue weighted by atomic mass is 10.0. The number of esters is 1. The molecular weight excluding hydrogens is 328 g/mol. The van der Waals surface area contributed by atoms with E-state index in [1.165, 1.54) is 0 Å². The molecule has 0 fully saturated rings. The van der Waals surface area contributed by atoms with Crippen molar-refractivity contribution in [2.75, 3.05) is 13.4 Å². The van der Waals surface area contributed by atoms with Gasteiger partial charge in [0.25, 0.3) is 0 Å². The third kappa shape index (κ3) is 6.31. The lowest BCUT2D eigenvalue weighted by Crippen LogP contribution is -2.07. The highest BCUT2D eigenvalue weighted by Gasteiger charge is 2.05. The van der Waals surface area contributed by atoms with Gasteiger partial charge in [-0.2, -0.15) is 0 Å². The van der Waals surface area contributed by atoms with Gasteiger partial charge in [0.2, 0.25) is 0 Å². The summed E-state index contributed by atoms with van der Waals surface area (Å²) in [6, 6.07) is 15.5. The van der Waals surface area contributed by atoms with Crippen LogP contribution in [0, 0.1) is 0 Å². The topological polar surface area (TPSA) is 44.8 Å². The van der Waals surface area contributed by atoms with Crippen LogP contribution in [0.4, 0.5) is 0 Å². The van der Waals surface area contributed by atoms with Crippen molar-refractivity contribution in [2.45, 2.75) is 20.5 Å². The van der Waals surface area contributed by atoms with Crippen molar-refractivity contribution in [3.05, 3.63) is 78.4 Å². The molecule has 0 heterocycles. The predicted octanol–water partition coefficient (Wildman–Crippen LogP) is 4.90. The smallest absolute Gasteiger partial charge is 0.338 e. The van der Waals surface area contributed by atoms with E-state index in [0.29, 0.717) is 24.5 Å². The largest absolute Gasteiger partial charge is 0.423 e. The minimum Gasteiger partial charge on any atom is -0.423 e. The molecule has 4 heteroatoms. The SMILES string of the molecule is C=C(C)COCOCc1ccc(-c2ccc(OC(=O)C(=C)C)cc2)cc1. The van der Waals surface area contributed by atoms with Crippen LogP contribution in [0.3, 0.4) is 0 Å². The van der Waals surface area contributed by atoms with Gasteiger partial charge < -0.3 is 14.2 Å². The summed E-state index contributed by atoms with van der Waals surface area (Å²) < 4.78 is 16.0. The van der Waals surface area contributed by atoms with Gasteiger partial charge in [0.05, 0.1) is 13.2 Å². The van der Waals surface area contributed by atoms with E-state index in [1.54, 1.807) is 19.1 Å². The number of hydrogen-bond donors (Lipinski definition) is 0. The molecule has 2 rings (SSSR count). The third-order valence-electron chi connectivity index (χ3n) is 3.48. The maximum Gasteiger partial charge on any atom is 0.338 e. The molecule has 0 radical (unpaired) electrons. The van der Waals surface area contributed by atoms with Crippen LogP contribution in [-0.2, 0) is 20.9 Å². The van der Waals surface area contributed by atoms with E-state index in [1.807, 2.05) is 43.3 Å². The summed E-state index contributed by atoms with van der Waals surface area (Å²) in [5.41, 5.74) is 4.53. The van der Waals surface area contributed by atoms with Crippen molar-refractivity contribution in [2.24, 2.45) is 0 Å². The van der Waals surface area contributed by atoms with Crippen LogP contribution >= 0.6 is 0 Å². The van der Waals surface area contributed by atoms with E-state index < -0.39 is 5.97 Å². The van der Waals surface area contributed by atoms with Crippen LogP contribution in [0.25, 0.3) is 11.1 Å². The molecule has 2 aromatic rings. The average Bonchev–Trinajstić information content (AvgIpc) is 2.62. The number of rotatable bonds is 9. The van der Waals surface area contributed by atoms with Crippen molar-refractivity contribution in [3.63, 3.8) is 0 Å². The van der Waals surface area contributed by atoms with Crippen molar-refractivity contribution in [3.8, 4) is 16.9 Å². The van der Waals surface area contributed by atoms with E-state index in [4.69, 9.17) is 14.2 Å². The second-order valence-corrected chi connectivity index (χ2v) is 6.16. The fraction of sp³-hybridized carbons (Fsp3) is 0.227. The maximum absolute atomic E-state index is 11.5. The van der Waals surface area contributed by atoms with Crippen LogP contribution in [0.1, 0.15) is 19.4 Å². The van der Waals surface area contributed by atoms with Gasteiger partial charge in [-0.15, -0.1) is 0 Å². The Morgan fingerprint density at radius 2 is 1.46 bits per heavy atom. The molecule has 2 aromatic carbocycles. The Bertz CT molecular complexity index is 758.